The van der Waals surface area contributed by atoms with E-state index in [0.29, 0.717) is 5.57 Å². The fourth-order valence-electron chi connectivity index (χ4n) is 0.802. The molecule has 0 aliphatic rings. The molecule has 0 rings (SSSR count). The van der Waals surface area contributed by atoms with E-state index in [4.69, 9.17) is 11.0 Å². The predicted octanol–water partition coefficient (Wildman–Crippen LogP) is 1.22. The molecule has 0 spiro atoms. The Morgan fingerprint density at radius 1 is 1.73 bits per heavy atom. The first-order chi connectivity index (χ1) is 5.29. The van der Waals surface area contributed by atoms with Gasteiger partial charge in [0.05, 0.1) is 11.3 Å². The summed E-state index contributed by atoms with van der Waals surface area (Å²) >= 11 is 0. The van der Waals surface area contributed by atoms with Crippen LogP contribution in [0.3, 0.4) is 0 Å². The van der Waals surface area contributed by atoms with Crippen LogP contribution < -0.4 is 5.73 Å². The molecular weight excluding hydrogens is 138 g/mol. The normalized spacial score (nSPS) is 12.8. The Labute approximate surface area is 67.2 Å². The van der Waals surface area contributed by atoms with E-state index in [9.17, 15) is 0 Å². The molecule has 0 aromatic rings. The lowest BCUT2D eigenvalue weighted by Crippen LogP contribution is -2.03. The van der Waals surface area contributed by atoms with Gasteiger partial charge in [-0.05, 0) is 6.42 Å². The second-order valence-corrected chi connectivity index (χ2v) is 2.11. The summed E-state index contributed by atoms with van der Waals surface area (Å²) in [4.78, 5) is 3.97. The molecule has 0 bridgehead atoms. The molecule has 0 unspecified atom stereocenters. The van der Waals surface area contributed by atoms with Gasteiger partial charge in [0.1, 0.15) is 6.07 Å². The Morgan fingerprint density at radius 3 is 2.64 bits per heavy atom. The van der Waals surface area contributed by atoms with Crippen molar-refractivity contribution in [2.24, 2.45) is 10.7 Å². The van der Waals surface area contributed by atoms with Crippen molar-refractivity contribution in [2.45, 2.75) is 19.8 Å². The SMILES string of the molecule is CCCC(=NC)/C(C#N)=C\N. The van der Waals surface area contributed by atoms with Gasteiger partial charge < -0.3 is 5.73 Å². The minimum atomic E-state index is 0.481. The maximum absolute atomic E-state index is 8.58. The Hall–Kier alpha value is -1.30. The third kappa shape index (κ3) is 2.85. The van der Waals surface area contributed by atoms with E-state index in [0.717, 1.165) is 18.6 Å². The van der Waals surface area contributed by atoms with Gasteiger partial charge in [0.25, 0.3) is 0 Å². The zero-order valence-corrected chi connectivity index (χ0v) is 6.96. The van der Waals surface area contributed by atoms with E-state index in [1.807, 2.05) is 13.0 Å². The van der Waals surface area contributed by atoms with Crippen LogP contribution in [-0.4, -0.2) is 12.8 Å². The molecule has 0 aromatic carbocycles. The minimum absolute atomic E-state index is 0.481. The number of hydrogen-bond acceptors (Lipinski definition) is 3. The minimum Gasteiger partial charge on any atom is -0.403 e. The van der Waals surface area contributed by atoms with Crippen molar-refractivity contribution in [1.29, 1.82) is 5.26 Å². The fourth-order valence-corrected chi connectivity index (χ4v) is 0.802. The summed E-state index contributed by atoms with van der Waals surface area (Å²) < 4.78 is 0. The standard InChI is InChI=1S/C8H13N3/c1-3-4-8(11-2)7(5-9)6-10/h5H,3-4,9H2,1-2H3/b7-5-,11-8?. The summed E-state index contributed by atoms with van der Waals surface area (Å²) in [5.41, 5.74) is 6.49. The highest BCUT2D eigenvalue weighted by Gasteiger charge is 2.02. The highest BCUT2D eigenvalue weighted by molar-refractivity contribution is 6.03. The van der Waals surface area contributed by atoms with Crippen LogP contribution in [0.15, 0.2) is 16.8 Å². The van der Waals surface area contributed by atoms with Gasteiger partial charge in [-0.15, -0.1) is 0 Å². The van der Waals surface area contributed by atoms with Crippen molar-refractivity contribution < 1.29 is 0 Å². The third-order valence-electron chi connectivity index (χ3n) is 1.35. The summed E-state index contributed by atoms with van der Waals surface area (Å²) in [5.74, 6) is 0. The van der Waals surface area contributed by atoms with E-state index in [1.165, 1.54) is 6.20 Å². The highest BCUT2D eigenvalue weighted by Crippen LogP contribution is 2.01. The molecular formula is C8H13N3. The number of nitriles is 1. The van der Waals surface area contributed by atoms with Crippen LogP contribution in [0.2, 0.25) is 0 Å². The number of nitrogens with two attached hydrogens (primary N) is 1. The number of aliphatic imine (C=N–C) groups is 1. The Balaban J connectivity index is 4.41. The lowest BCUT2D eigenvalue weighted by Gasteiger charge is -1.99. The first kappa shape index (κ1) is 9.70. The third-order valence-corrected chi connectivity index (χ3v) is 1.35. The molecule has 11 heavy (non-hydrogen) atoms. The van der Waals surface area contributed by atoms with Crippen LogP contribution in [-0.2, 0) is 0 Å². The molecule has 0 fully saturated rings. The molecule has 0 aliphatic carbocycles. The molecule has 0 amide bonds. The second-order valence-electron chi connectivity index (χ2n) is 2.11. The van der Waals surface area contributed by atoms with E-state index < -0.39 is 0 Å². The van der Waals surface area contributed by atoms with Crippen LogP contribution in [0, 0.1) is 11.3 Å². The Bertz CT molecular complexity index is 208. The quantitative estimate of drug-likeness (QED) is 0.487. The predicted molar refractivity (Wildman–Crippen MR) is 46.2 cm³/mol. The van der Waals surface area contributed by atoms with Crippen LogP contribution in [0.5, 0.6) is 0 Å². The highest BCUT2D eigenvalue weighted by atomic mass is 14.7. The Kier molecular flexibility index (Phi) is 4.83. The molecule has 0 heterocycles. The molecule has 0 atom stereocenters. The van der Waals surface area contributed by atoms with Gasteiger partial charge in [0.2, 0.25) is 0 Å². The summed E-state index contributed by atoms with van der Waals surface area (Å²) in [5, 5.41) is 8.58. The van der Waals surface area contributed by atoms with Gasteiger partial charge in [0, 0.05) is 13.2 Å². The maximum atomic E-state index is 8.58. The van der Waals surface area contributed by atoms with Gasteiger partial charge in [0.15, 0.2) is 0 Å². The molecule has 0 aliphatic heterocycles. The van der Waals surface area contributed by atoms with Gasteiger partial charge in [-0.2, -0.15) is 5.26 Å². The molecule has 60 valence electrons. The first-order valence-electron chi connectivity index (χ1n) is 3.58. The van der Waals surface area contributed by atoms with Gasteiger partial charge in [-0.25, -0.2) is 0 Å². The number of hydrogen-bond donors (Lipinski definition) is 1. The lowest BCUT2D eigenvalue weighted by molar-refractivity contribution is 0.989. The molecule has 3 heteroatoms. The number of nitrogens with zero attached hydrogens (tertiary/aromatic N) is 2. The van der Waals surface area contributed by atoms with E-state index in [1.54, 1.807) is 7.05 Å². The molecule has 3 nitrogen and oxygen atoms in total. The molecule has 0 radical (unpaired) electrons. The van der Waals surface area contributed by atoms with Crippen LogP contribution in [0.1, 0.15) is 19.8 Å². The summed E-state index contributed by atoms with van der Waals surface area (Å²) in [6.45, 7) is 2.04. The molecule has 0 saturated carbocycles. The van der Waals surface area contributed by atoms with Crippen LogP contribution >= 0.6 is 0 Å². The molecule has 2 N–H and O–H groups in total. The largest absolute Gasteiger partial charge is 0.403 e. The van der Waals surface area contributed by atoms with E-state index in [-0.39, 0.29) is 0 Å². The van der Waals surface area contributed by atoms with E-state index in [2.05, 4.69) is 4.99 Å². The Morgan fingerprint density at radius 2 is 2.36 bits per heavy atom. The first-order valence-corrected chi connectivity index (χ1v) is 3.58. The zero-order chi connectivity index (χ0) is 8.69. The van der Waals surface area contributed by atoms with Gasteiger partial charge in [-0.1, -0.05) is 13.3 Å². The lowest BCUT2D eigenvalue weighted by atomic mass is 10.1. The second kappa shape index (κ2) is 5.48. The fraction of sp³-hybridized carbons (Fsp3) is 0.500. The van der Waals surface area contributed by atoms with Gasteiger partial charge in [-0.3, -0.25) is 4.99 Å². The average Bonchev–Trinajstić information content (AvgIpc) is 2.05. The monoisotopic (exact) mass is 151 g/mol. The van der Waals surface area contributed by atoms with Crippen molar-refractivity contribution in [3.05, 3.63) is 11.8 Å². The number of allylic oxidation sites excluding steroid dienone is 1. The van der Waals surface area contributed by atoms with Crippen molar-refractivity contribution >= 4 is 5.71 Å². The summed E-state index contributed by atoms with van der Waals surface area (Å²) in [7, 11) is 1.67. The smallest absolute Gasteiger partial charge is 0.103 e. The van der Waals surface area contributed by atoms with E-state index >= 15 is 0 Å². The summed E-state index contributed by atoms with van der Waals surface area (Å²) in [6.07, 6.45) is 3.09. The van der Waals surface area contributed by atoms with Crippen molar-refractivity contribution in [2.75, 3.05) is 7.05 Å². The topological polar surface area (TPSA) is 62.2 Å². The van der Waals surface area contributed by atoms with Crippen molar-refractivity contribution in [3.8, 4) is 6.07 Å². The van der Waals surface area contributed by atoms with Crippen molar-refractivity contribution in [3.63, 3.8) is 0 Å². The van der Waals surface area contributed by atoms with Gasteiger partial charge >= 0.3 is 0 Å². The molecule has 0 saturated heterocycles. The van der Waals surface area contributed by atoms with Crippen LogP contribution in [0.4, 0.5) is 0 Å². The van der Waals surface area contributed by atoms with Crippen molar-refractivity contribution in [1.82, 2.24) is 0 Å². The maximum Gasteiger partial charge on any atom is 0.103 e. The summed E-state index contributed by atoms with van der Waals surface area (Å²) in [6, 6.07) is 1.99. The average molecular weight is 151 g/mol. The zero-order valence-electron chi connectivity index (χ0n) is 6.96. The van der Waals surface area contributed by atoms with Crippen LogP contribution in [0.25, 0.3) is 0 Å². The number of rotatable bonds is 3. The molecule has 0 aromatic heterocycles.